The summed E-state index contributed by atoms with van der Waals surface area (Å²) in [6.07, 6.45) is 21.2. The van der Waals surface area contributed by atoms with E-state index in [0.29, 0.717) is 5.92 Å². The Balaban J connectivity index is 1.37. The zero-order chi connectivity index (χ0) is 23.5. The van der Waals surface area contributed by atoms with Crippen molar-refractivity contribution in [2.24, 2.45) is 17.8 Å². The van der Waals surface area contributed by atoms with Crippen molar-refractivity contribution < 1.29 is 4.39 Å². The minimum Gasteiger partial charge on any atom is -0.195 e. The minimum absolute atomic E-state index is 0.712. The van der Waals surface area contributed by atoms with E-state index in [2.05, 4.69) is 37.8 Å². The van der Waals surface area contributed by atoms with Gasteiger partial charge in [-0.25, -0.2) is 0 Å². The Morgan fingerprint density at radius 3 is 2.27 bits per heavy atom. The van der Waals surface area contributed by atoms with Gasteiger partial charge in [0.05, 0.1) is 0 Å². The second-order valence-corrected chi connectivity index (χ2v) is 10.3. The van der Waals surface area contributed by atoms with E-state index in [9.17, 15) is 4.39 Å². The zero-order valence-corrected chi connectivity index (χ0v) is 20.6. The molecule has 0 aromatic heterocycles. The summed E-state index contributed by atoms with van der Waals surface area (Å²) in [5.74, 6) is 2.22. The van der Waals surface area contributed by atoms with Gasteiger partial charge in [0.1, 0.15) is 6.07 Å². The third-order valence-corrected chi connectivity index (χ3v) is 8.12. The van der Waals surface area contributed by atoms with E-state index in [0.717, 1.165) is 24.2 Å². The minimum atomic E-state index is -0.723. The molecule has 0 N–H and O–H groups in total. The van der Waals surface area contributed by atoms with E-state index >= 15 is 0 Å². The number of nitriles is 1. The second kappa shape index (κ2) is 13.5. The lowest BCUT2D eigenvalue weighted by molar-refractivity contribution is 0.260. The molecular formula is C31H42FN. The Hall–Kier alpha value is -2.14. The van der Waals surface area contributed by atoms with Crippen LogP contribution < -0.4 is 0 Å². The SMILES string of the molecule is C=C([C@H]1CC[C@H](CC/C=C/C=C(\F)C#N)CC1)[C@H]1CC[C@H](c2ccc(CCCC)cc2)CC1. The molecule has 0 spiro atoms. The number of unbranched alkanes of at least 4 members (excludes halogenated alkanes) is 1. The van der Waals surface area contributed by atoms with Crippen LogP contribution in [0, 0.1) is 29.1 Å². The molecule has 2 saturated carbocycles. The van der Waals surface area contributed by atoms with E-state index in [1.54, 1.807) is 17.2 Å². The lowest BCUT2D eigenvalue weighted by atomic mass is 9.69. The Morgan fingerprint density at radius 2 is 1.67 bits per heavy atom. The maximum absolute atomic E-state index is 12.8. The standard InChI is InChI=1S/C31H42FN/c1-3-4-8-25-13-17-29(18-14-25)30-21-19-28(20-22-30)24(2)27-15-11-26(12-16-27)9-6-5-7-10-31(32)23-33/h5,7,10,13-14,17-18,26-28,30H,2-4,6,8-9,11-12,15-16,19-22H2,1H3/b7-5+,31-10-/t26-,27-,28-,30-. The van der Waals surface area contributed by atoms with Crippen LogP contribution in [-0.4, -0.2) is 0 Å². The highest BCUT2D eigenvalue weighted by Gasteiger charge is 2.29. The fourth-order valence-corrected chi connectivity index (χ4v) is 5.91. The van der Waals surface area contributed by atoms with Gasteiger partial charge in [-0.2, -0.15) is 9.65 Å². The lowest BCUT2D eigenvalue weighted by Gasteiger charge is -2.36. The van der Waals surface area contributed by atoms with E-state index in [1.807, 2.05) is 6.08 Å². The van der Waals surface area contributed by atoms with Gasteiger partial charge in [-0.1, -0.05) is 61.9 Å². The fraction of sp³-hybridized carbons (Fsp3) is 0.581. The number of hydrogen-bond donors (Lipinski definition) is 0. The van der Waals surface area contributed by atoms with Crippen LogP contribution >= 0.6 is 0 Å². The molecule has 0 unspecified atom stereocenters. The monoisotopic (exact) mass is 447 g/mol. The number of nitrogens with zero attached hydrogens (tertiary/aromatic N) is 1. The molecule has 3 rings (SSSR count). The highest BCUT2D eigenvalue weighted by atomic mass is 19.1. The smallest absolute Gasteiger partial charge is 0.195 e. The van der Waals surface area contributed by atoms with Gasteiger partial charge in [0.25, 0.3) is 0 Å². The average Bonchev–Trinajstić information content (AvgIpc) is 2.87. The van der Waals surface area contributed by atoms with Gasteiger partial charge in [-0.15, -0.1) is 0 Å². The molecule has 2 heteroatoms. The molecule has 0 saturated heterocycles. The van der Waals surface area contributed by atoms with Gasteiger partial charge in [-0.3, -0.25) is 0 Å². The molecule has 2 aliphatic carbocycles. The topological polar surface area (TPSA) is 23.8 Å². The molecule has 0 aliphatic heterocycles. The summed E-state index contributed by atoms with van der Waals surface area (Å²) in [5.41, 5.74) is 4.57. The highest BCUT2D eigenvalue weighted by Crippen LogP contribution is 2.44. The maximum Gasteiger partial charge on any atom is 0.199 e. The summed E-state index contributed by atoms with van der Waals surface area (Å²) < 4.78 is 12.8. The Morgan fingerprint density at radius 1 is 1.03 bits per heavy atom. The van der Waals surface area contributed by atoms with E-state index in [4.69, 9.17) is 5.26 Å². The second-order valence-electron chi connectivity index (χ2n) is 10.3. The maximum atomic E-state index is 12.8. The van der Waals surface area contributed by atoms with Crippen LogP contribution in [0.5, 0.6) is 0 Å². The fourth-order valence-electron chi connectivity index (χ4n) is 5.91. The first-order valence-electron chi connectivity index (χ1n) is 13.3. The van der Waals surface area contributed by atoms with Crippen molar-refractivity contribution in [3.05, 3.63) is 71.6 Å². The number of aryl methyl sites for hydroxylation is 1. The van der Waals surface area contributed by atoms with Gasteiger partial charge in [0.2, 0.25) is 0 Å². The van der Waals surface area contributed by atoms with Gasteiger partial charge >= 0.3 is 0 Å². The van der Waals surface area contributed by atoms with Gasteiger partial charge < -0.3 is 0 Å². The molecule has 0 heterocycles. The first-order chi connectivity index (χ1) is 16.1. The quantitative estimate of drug-likeness (QED) is 0.199. The van der Waals surface area contributed by atoms with Crippen molar-refractivity contribution in [2.75, 3.05) is 0 Å². The predicted molar refractivity (Wildman–Crippen MR) is 138 cm³/mol. The van der Waals surface area contributed by atoms with Crippen molar-refractivity contribution in [3.8, 4) is 6.07 Å². The number of hydrogen-bond acceptors (Lipinski definition) is 1. The molecule has 2 aliphatic rings. The number of halogens is 1. The summed E-state index contributed by atoms with van der Waals surface area (Å²) in [7, 11) is 0. The number of allylic oxidation sites excluding steroid dienone is 5. The van der Waals surface area contributed by atoms with Gasteiger partial charge in [-0.05, 0) is 118 Å². The Labute approximate surface area is 201 Å². The van der Waals surface area contributed by atoms with Crippen LogP contribution in [0.2, 0.25) is 0 Å². The molecule has 1 nitrogen and oxygen atoms in total. The van der Waals surface area contributed by atoms with Crippen LogP contribution in [0.25, 0.3) is 0 Å². The molecule has 33 heavy (non-hydrogen) atoms. The van der Waals surface area contributed by atoms with E-state index in [-0.39, 0.29) is 0 Å². The summed E-state index contributed by atoms with van der Waals surface area (Å²) in [5, 5.41) is 8.42. The lowest BCUT2D eigenvalue weighted by Crippen LogP contribution is -2.22. The summed E-state index contributed by atoms with van der Waals surface area (Å²) >= 11 is 0. The molecule has 0 bridgehead atoms. The van der Waals surface area contributed by atoms with Crippen LogP contribution in [0.4, 0.5) is 4.39 Å². The highest BCUT2D eigenvalue weighted by molar-refractivity contribution is 5.26. The van der Waals surface area contributed by atoms with E-state index < -0.39 is 5.83 Å². The molecule has 178 valence electrons. The van der Waals surface area contributed by atoms with Crippen molar-refractivity contribution in [2.45, 2.75) is 96.3 Å². The van der Waals surface area contributed by atoms with Gasteiger partial charge in [0, 0.05) is 0 Å². The molecule has 2 fully saturated rings. The average molecular weight is 448 g/mol. The first-order valence-corrected chi connectivity index (χ1v) is 13.3. The third kappa shape index (κ3) is 7.99. The molecular weight excluding hydrogens is 405 g/mol. The third-order valence-electron chi connectivity index (χ3n) is 8.12. The molecule has 0 radical (unpaired) electrons. The van der Waals surface area contributed by atoms with Gasteiger partial charge in [0.15, 0.2) is 5.83 Å². The van der Waals surface area contributed by atoms with Crippen LogP contribution in [0.3, 0.4) is 0 Å². The Bertz CT molecular complexity index is 825. The predicted octanol–water partition coefficient (Wildman–Crippen LogP) is 9.38. The molecule has 0 atom stereocenters. The molecule has 1 aromatic rings. The van der Waals surface area contributed by atoms with Crippen molar-refractivity contribution in [3.63, 3.8) is 0 Å². The van der Waals surface area contributed by atoms with Crippen molar-refractivity contribution >= 4 is 0 Å². The summed E-state index contributed by atoms with van der Waals surface area (Å²) in [6.45, 7) is 6.85. The van der Waals surface area contributed by atoms with Crippen LogP contribution in [-0.2, 0) is 6.42 Å². The molecule has 1 aromatic carbocycles. The van der Waals surface area contributed by atoms with Crippen LogP contribution in [0.15, 0.2) is 60.5 Å². The largest absolute Gasteiger partial charge is 0.199 e. The van der Waals surface area contributed by atoms with Crippen LogP contribution in [0.1, 0.15) is 101 Å². The van der Waals surface area contributed by atoms with Crippen molar-refractivity contribution in [1.29, 1.82) is 5.26 Å². The normalized spacial score (nSPS) is 26.3. The summed E-state index contributed by atoms with van der Waals surface area (Å²) in [6, 6.07) is 11.0. The van der Waals surface area contributed by atoms with Crippen molar-refractivity contribution in [1.82, 2.24) is 0 Å². The zero-order valence-electron chi connectivity index (χ0n) is 20.6. The van der Waals surface area contributed by atoms with E-state index in [1.165, 1.54) is 94.8 Å². The summed E-state index contributed by atoms with van der Waals surface area (Å²) in [4.78, 5) is 0. The molecule has 0 amide bonds. The first kappa shape index (κ1) is 25.5. The Kier molecular flexibility index (Phi) is 10.5. The number of benzene rings is 1. The number of rotatable bonds is 10.